The average Bonchev–Trinajstić information content (AvgIpc) is 2.98. The molecular formula is C12H24N2O2. The van der Waals surface area contributed by atoms with Crippen molar-refractivity contribution in [1.29, 1.82) is 0 Å². The molecule has 0 aromatic heterocycles. The zero-order chi connectivity index (χ0) is 11.4. The van der Waals surface area contributed by atoms with Crippen LogP contribution in [-0.2, 0) is 4.74 Å². The molecule has 0 aromatic carbocycles. The molecule has 16 heavy (non-hydrogen) atoms. The van der Waals surface area contributed by atoms with Gasteiger partial charge in [0.25, 0.3) is 0 Å². The SMILES string of the molecule is CN(CCO)CC1(CNC2CC2)CCOC1. The molecule has 1 aliphatic heterocycles. The van der Waals surface area contributed by atoms with Gasteiger partial charge in [-0.3, -0.25) is 0 Å². The van der Waals surface area contributed by atoms with E-state index in [0.717, 1.165) is 45.3 Å². The van der Waals surface area contributed by atoms with Gasteiger partial charge in [-0.1, -0.05) is 0 Å². The number of nitrogens with zero attached hydrogens (tertiary/aromatic N) is 1. The van der Waals surface area contributed by atoms with E-state index in [1.807, 2.05) is 0 Å². The van der Waals surface area contributed by atoms with Crippen molar-refractivity contribution in [2.45, 2.75) is 25.3 Å². The highest BCUT2D eigenvalue weighted by molar-refractivity contribution is 4.91. The van der Waals surface area contributed by atoms with Crippen LogP contribution < -0.4 is 5.32 Å². The highest BCUT2D eigenvalue weighted by Gasteiger charge is 2.37. The molecule has 0 aromatic rings. The maximum atomic E-state index is 8.93. The number of rotatable bonds is 7. The Kier molecular flexibility index (Phi) is 4.19. The number of aliphatic hydroxyl groups is 1. The first-order chi connectivity index (χ1) is 7.74. The van der Waals surface area contributed by atoms with Crippen LogP contribution in [0.5, 0.6) is 0 Å². The molecule has 2 rings (SSSR count). The van der Waals surface area contributed by atoms with Crippen LogP contribution in [0.25, 0.3) is 0 Å². The summed E-state index contributed by atoms with van der Waals surface area (Å²) in [5.74, 6) is 0. The molecule has 1 unspecified atom stereocenters. The highest BCUT2D eigenvalue weighted by atomic mass is 16.5. The summed E-state index contributed by atoms with van der Waals surface area (Å²) in [6.45, 7) is 4.83. The Bertz CT molecular complexity index is 213. The van der Waals surface area contributed by atoms with E-state index in [1.54, 1.807) is 0 Å². The molecule has 1 heterocycles. The minimum atomic E-state index is 0.240. The molecule has 0 radical (unpaired) electrons. The molecule has 2 fully saturated rings. The maximum Gasteiger partial charge on any atom is 0.0558 e. The van der Waals surface area contributed by atoms with Crippen molar-refractivity contribution in [1.82, 2.24) is 10.2 Å². The summed E-state index contributed by atoms with van der Waals surface area (Å²) in [7, 11) is 2.08. The van der Waals surface area contributed by atoms with Crippen molar-refractivity contribution in [2.24, 2.45) is 5.41 Å². The molecular weight excluding hydrogens is 204 g/mol. The largest absolute Gasteiger partial charge is 0.395 e. The zero-order valence-electron chi connectivity index (χ0n) is 10.2. The fraction of sp³-hybridized carbons (Fsp3) is 1.00. The van der Waals surface area contributed by atoms with Gasteiger partial charge in [0.15, 0.2) is 0 Å². The molecule has 0 spiro atoms. The lowest BCUT2D eigenvalue weighted by Gasteiger charge is -2.32. The second-order valence-corrected chi connectivity index (χ2v) is 5.42. The average molecular weight is 228 g/mol. The van der Waals surface area contributed by atoms with Gasteiger partial charge in [-0.05, 0) is 26.3 Å². The van der Waals surface area contributed by atoms with E-state index in [1.165, 1.54) is 12.8 Å². The smallest absolute Gasteiger partial charge is 0.0558 e. The van der Waals surface area contributed by atoms with E-state index in [4.69, 9.17) is 9.84 Å². The molecule has 2 N–H and O–H groups in total. The van der Waals surface area contributed by atoms with Crippen LogP contribution >= 0.6 is 0 Å². The van der Waals surface area contributed by atoms with E-state index in [2.05, 4.69) is 17.3 Å². The van der Waals surface area contributed by atoms with Gasteiger partial charge >= 0.3 is 0 Å². The van der Waals surface area contributed by atoms with Gasteiger partial charge in [0.1, 0.15) is 0 Å². The molecule has 94 valence electrons. The van der Waals surface area contributed by atoms with E-state index < -0.39 is 0 Å². The number of likely N-dealkylation sites (N-methyl/N-ethyl adjacent to an activating group) is 1. The van der Waals surface area contributed by atoms with Gasteiger partial charge in [-0.25, -0.2) is 0 Å². The van der Waals surface area contributed by atoms with Crippen molar-refractivity contribution in [3.63, 3.8) is 0 Å². The fourth-order valence-electron chi connectivity index (χ4n) is 2.44. The summed E-state index contributed by atoms with van der Waals surface area (Å²) in [6.07, 6.45) is 3.81. The molecule has 0 amide bonds. The number of hydrogen-bond acceptors (Lipinski definition) is 4. The minimum Gasteiger partial charge on any atom is -0.395 e. The highest BCUT2D eigenvalue weighted by Crippen LogP contribution is 2.30. The molecule has 2 aliphatic rings. The molecule has 1 atom stereocenters. The van der Waals surface area contributed by atoms with E-state index in [9.17, 15) is 0 Å². The van der Waals surface area contributed by atoms with Crippen molar-refractivity contribution in [3.8, 4) is 0 Å². The molecule has 1 saturated heterocycles. The third-order valence-electron chi connectivity index (χ3n) is 3.62. The number of hydrogen-bond donors (Lipinski definition) is 2. The predicted molar refractivity (Wildman–Crippen MR) is 63.5 cm³/mol. The summed E-state index contributed by atoms with van der Waals surface area (Å²) >= 11 is 0. The van der Waals surface area contributed by atoms with Crippen molar-refractivity contribution in [2.75, 3.05) is 46.5 Å². The quantitative estimate of drug-likeness (QED) is 0.647. The Morgan fingerprint density at radius 1 is 1.50 bits per heavy atom. The minimum absolute atomic E-state index is 0.240. The van der Waals surface area contributed by atoms with Crippen LogP contribution in [0, 0.1) is 5.41 Å². The van der Waals surface area contributed by atoms with Gasteiger partial charge in [0.2, 0.25) is 0 Å². The first kappa shape index (κ1) is 12.3. The second kappa shape index (κ2) is 5.45. The van der Waals surface area contributed by atoms with Gasteiger partial charge < -0.3 is 20.1 Å². The summed E-state index contributed by atoms with van der Waals surface area (Å²) < 4.78 is 5.56. The normalized spacial score (nSPS) is 30.2. The Hall–Kier alpha value is -0.160. The first-order valence-corrected chi connectivity index (χ1v) is 6.35. The molecule has 1 saturated carbocycles. The number of ether oxygens (including phenoxy) is 1. The van der Waals surface area contributed by atoms with Crippen LogP contribution in [0.4, 0.5) is 0 Å². The summed E-state index contributed by atoms with van der Waals surface area (Å²) in [6, 6.07) is 0.764. The standard InChI is InChI=1S/C12H24N2O2/c1-14(5-6-15)9-12(4-7-16-10-12)8-13-11-2-3-11/h11,13,15H,2-10H2,1H3. The zero-order valence-corrected chi connectivity index (χ0v) is 10.2. The molecule has 4 nitrogen and oxygen atoms in total. The van der Waals surface area contributed by atoms with Crippen molar-refractivity contribution < 1.29 is 9.84 Å². The Morgan fingerprint density at radius 3 is 2.88 bits per heavy atom. The maximum absolute atomic E-state index is 8.93. The van der Waals surface area contributed by atoms with Gasteiger partial charge in [-0.2, -0.15) is 0 Å². The van der Waals surface area contributed by atoms with E-state index >= 15 is 0 Å². The topological polar surface area (TPSA) is 44.7 Å². The van der Waals surface area contributed by atoms with Crippen LogP contribution in [0.15, 0.2) is 0 Å². The van der Waals surface area contributed by atoms with Gasteiger partial charge in [-0.15, -0.1) is 0 Å². The molecule has 4 heteroatoms. The lowest BCUT2D eigenvalue weighted by atomic mass is 9.86. The lowest BCUT2D eigenvalue weighted by Crippen LogP contribution is -2.44. The summed E-state index contributed by atoms with van der Waals surface area (Å²) in [5.41, 5.74) is 0.270. The Labute approximate surface area is 98.0 Å². The third-order valence-corrected chi connectivity index (χ3v) is 3.62. The van der Waals surface area contributed by atoms with Crippen molar-refractivity contribution >= 4 is 0 Å². The monoisotopic (exact) mass is 228 g/mol. The van der Waals surface area contributed by atoms with Crippen LogP contribution in [-0.4, -0.2) is 62.6 Å². The van der Waals surface area contributed by atoms with Crippen LogP contribution in [0.2, 0.25) is 0 Å². The van der Waals surface area contributed by atoms with E-state index in [-0.39, 0.29) is 12.0 Å². The number of aliphatic hydroxyl groups excluding tert-OH is 1. The van der Waals surface area contributed by atoms with E-state index in [0.29, 0.717) is 0 Å². The third kappa shape index (κ3) is 3.42. The lowest BCUT2D eigenvalue weighted by molar-refractivity contribution is 0.109. The van der Waals surface area contributed by atoms with Crippen LogP contribution in [0.3, 0.4) is 0 Å². The first-order valence-electron chi connectivity index (χ1n) is 6.35. The van der Waals surface area contributed by atoms with Crippen LogP contribution in [0.1, 0.15) is 19.3 Å². The van der Waals surface area contributed by atoms with Gasteiger partial charge in [0.05, 0.1) is 13.2 Å². The second-order valence-electron chi connectivity index (χ2n) is 5.42. The van der Waals surface area contributed by atoms with Gasteiger partial charge in [0, 0.05) is 37.7 Å². The summed E-state index contributed by atoms with van der Waals surface area (Å²) in [5, 5.41) is 12.6. The fourth-order valence-corrected chi connectivity index (χ4v) is 2.44. The molecule has 1 aliphatic carbocycles. The Balaban J connectivity index is 1.81. The Morgan fingerprint density at radius 2 is 2.31 bits per heavy atom. The predicted octanol–water partition coefficient (Wildman–Crippen LogP) is 0.0692. The molecule has 0 bridgehead atoms. The number of nitrogens with one attached hydrogen (secondary N) is 1. The summed E-state index contributed by atoms with van der Waals surface area (Å²) in [4.78, 5) is 2.21. The van der Waals surface area contributed by atoms with Crippen molar-refractivity contribution in [3.05, 3.63) is 0 Å².